The molecule has 1 rings (SSSR count). The minimum Gasteiger partial charge on any atom is -0.449 e. The molecule has 1 N–H and O–H groups in total. The van der Waals surface area contributed by atoms with Crippen LogP contribution in [0.3, 0.4) is 0 Å². The van der Waals surface area contributed by atoms with Crippen LogP contribution in [0, 0.1) is 11.3 Å². The van der Waals surface area contributed by atoms with Gasteiger partial charge in [-0.1, -0.05) is 30.3 Å². The Bertz CT molecular complexity index is 557. The second-order valence-corrected chi connectivity index (χ2v) is 4.88. The summed E-state index contributed by atoms with van der Waals surface area (Å²) in [5, 5.41) is 9.89. The molecule has 7 nitrogen and oxygen atoms in total. The normalized spacial score (nSPS) is 11.0. The number of nitriles is 1. The highest BCUT2D eigenvalue weighted by Gasteiger charge is 2.28. The number of rotatable bonds is 7. The number of hydrogen-bond acceptors (Lipinski definition) is 5. The number of ether oxygens (including phenoxy) is 2. The van der Waals surface area contributed by atoms with Gasteiger partial charge in [-0.2, -0.15) is 5.26 Å². The van der Waals surface area contributed by atoms with Crippen LogP contribution in [0.2, 0.25) is 0 Å². The molecule has 1 atom stereocenters. The van der Waals surface area contributed by atoms with Gasteiger partial charge in [-0.15, -0.1) is 0 Å². The minimum atomic E-state index is -0.730. The third-order valence-corrected chi connectivity index (χ3v) is 3.21. The van der Waals surface area contributed by atoms with Crippen LogP contribution >= 0.6 is 0 Å². The van der Waals surface area contributed by atoms with Crippen LogP contribution in [0.15, 0.2) is 30.3 Å². The molecule has 0 heterocycles. The first-order chi connectivity index (χ1) is 11.6. The van der Waals surface area contributed by atoms with Gasteiger partial charge in [0.15, 0.2) is 0 Å². The molecule has 0 radical (unpaired) electrons. The summed E-state index contributed by atoms with van der Waals surface area (Å²) in [5.41, 5.74) is 3.28. The summed E-state index contributed by atoms with van der Waals surface area (Å²) >= 11 is 0. The molecule has 1 unspecified atom stereocenters. The lowest BCUT2D eigenvalue weighted by Crippen LogP contribution is -2.48. The van der Waals surface area contributed by atoms with Crippen molar-refractivity contribution >= 4 is 12.2 Å². The van der Waals surface area contributed by atoms with E-state index in [-0.39, 0.29) is 13.2 Å². The number of nitrogens with one attached hydrogen (secondary N) is 1. The van der Waals surface area contributed by atoms with Crippen molar-refractivity contribution in [3.63, 3.8) is 0 Å². The van der Waals surface area contributed by atoms with Crippen molar-refractivity contribution in [2.24, 2.45) is 0 Å². The lowest BCUT2D eigenvalue weighted by molar-refractivity contribution is 0.0523. The molecule has 0 aliphatic carbocycles. The van der Waals surface area contributed by atoms with E-state index in [1.807, 2.05) is 30.3 Å². The first-order valence-electron chi connectivity index (χ1n) is 7.95. The van der Waals surface area contributed by atoms with Gasteiger partial charge in [0, 0.05) is 6.42 Å². The van der Waals surface area contributed by atoms with E-state index in [1.165, 1.54) is 0 Å². The number of benzene rings is 1. The van der Waals surface area contributed by atoms with E-state index < -0.39 is 18.2 Å². The summed E-state index contributed by atoms with van der Waals surface area (Å²) < 4.78 is 9.90. The van der Waals surface area contributed by atoms with Crippen LogP contribution in [-0.2, 0) is 9.47 Å². The summed E-state index contributed by atoms with van der Waals surface area (Å²) in [6.45, 7) is 3.73. The fourth-order valence-corrected chi connectivity index (χ4v) is 2.20. The van der Waals surface area contributed by atoms with Crippen LogP contribution < -0.4 is 5.43 Å². The summed E-state index contributed by atoms with van der Waals surface area (Å²) in [4.78, 5) is 24.1. The van der Waals surface area contributed by atoms with Gasteiger partial charge in [0.25, 0.3) is 0 Å². The zero-order valence-electron chi connectivity index (χ0n) is 14.0. The van der Waals surface area contributed by atoms with Crippen molar-refractivity contribution in [3.05, 3.63) is 35.9 Å². The molecule has 1 aromatic rings. The number of hydrazine groups is 1. The molecule has 0 bridgehead atoms. The summed E-state index contributed by atoms with van der Waals surface area (Å²) in [7, 11) is 0. The lowest BCUT2D eigenvalue weighted by Gasteiger charge is -2.30. The first-order valence-corrected chi connectivity index (χ1v) is 7.95. The highest BCUT2D eigenvalue weighted by molar-refractivity contribution is 5.74. The maximum atomic E-state index is 12.3. The number of hydrogen-bond donors (Lipinski definition) is 1. The molecule has 0 fully saturated rings. The van der Waals surface area contributed by atoms with E-state index in [0.717, 1.165) is 10.6 Å². The fourth-order valence-electron chi connectivity index (χ4n) is 2.20. The monoisotopic (exact) mass is 333 g/mol. The van der Waals surface area contributed by atoms with Gasteiger partial charge in [0.1, 0.15) is 0 Å². The Labute approximate surface area is 142 Å². The smallest absolute Gasteiger partial charge is 0.429 e. The van der Waals surface area contributed by atoms with Crippen LogP contribution in [0.5, 0.6) is 0 Å². The topological polar surface area (TPSA) is 91.7 Å². The maximum Gasteiger partial charge on any atom is 0.429 e. The number of nitrogens with zero attached hydrogens (tertiary/aromatic N) is 2. The molecule has 2 amide bonds. The molecule has 0 aliphatic rings. The van der Waals surface area contributed by atoms with Crippen molar-refractivity contribution in [2.45, 2.75) is 39.2 Å². The molecule has 0 aromatic heterocycles. The molecule has 0 saturated carbocycles. The van der Waals surface area contributed by atoms with Crippen molar-refractivity contribution in [2.75, 3.05) is 13.2 Å². The standard InChI is InChI=1S/C17H23N3O4/c1-3-23-16(21)19-20(17(22)24-4-2)15(12-8-9-13-18)14-10-6-5-7-11-14/h5-7,10-11,15H,3-4,8-9,12H2,1-2H3,(H,19,21). The highest BCUT2D eigenvalue weighted by Crippen LogP contribution is 2.25. The zero-order valence-corrected chi connectivity index (χ0v) is 14.0. The highest BCUT2D eigenvalue weighted by atomic mass is 16.6. The van der Waals surface area contributed by atoms with Gasteiger partial charge in [0.2, 0.25) is 0 Å². The molecule has 24 heavy (non-hydrogen) atoms. The SMILES string of the molecule is CCOC(=O)NN(C(=O)OCC)C(CCCC#N)c1ccccc1. The van der Waals surface area contributed by atoms with E-state index in [2.05, 4.69) is 11.5 Å². The first kappa shape index (κ1) is 19.3. The van der Waals surface area contributed by atoms with E-state index >= 15 is 0 Å². The molecular weight excluding hydrogens is 310 g/mol. The molecule has 130 valence electrons. The third-order valence-electron chi connectivity index (χ3n) is 3.21. The molecule has 0 spiro atoms. The number of carbonyl (C=O) groups is 2. The second-order valence-electron chi connectivity index (χ2n) is 4.88. The maximum absolute atomic E-state index is 12.3. The van der Waals surface area contributed by atoms with E-state index in [1.54, 1.807) is 13.8 Å². The Kier molecular flexibility index (Phi) is 8.76. The Morgan fingerprint density at radius 2 is 1.88 bits per heavy atom. The average molecular weight is 333 g/mol. The van der Waals surface area contributed by atoms with Crippen molar-refractivity contribution < 1.29 is 19.1 Å². The third kappa shape index (κ3) is 6.16. The Hall–Kier alpha value is -2.75. The van der Waals surface area contributed by atoms with Crippen molar-refractivity contribution in [1.29, 1.82) is 5.26 Å². The lowest BCUT2D eigenvalue weighted by atomic mass is 10.0. The quantitative estimate of drug-likeness (QED) is 0.608. The van der Waals surface area contributed by atoms with Crippen LogP contribution in [0.1, 0.15) is 44.7 Å². The predicted molar refractivity (Wildman–Crippen MR) is 87.7 cm³/mol. The van der Waals surface area contributed by atoms with Crippen molar-refractivity contribution in [1.82, 2.24) is 10.4 Å². The van der Waals surface area contributed by atoms with Crippen LogP contribution in [-0.4, -0.2) is 30.4 Å². The van der Waals surface area contributed by atoms with Gasteiger partial charge in [0.05, 0.1) is 25.3 Å². The predicted octanol–water partition coefficient (Wildman–Crippen LogP) is 3.54. The van der Waals surface area contributed by atoms with E-state index in [4.69, 9.17) is 14.7 Å². The average Bonchev–Trinajstić information content (AvgIpc) is 2.58. The summed E-state index contributed by atoms with van der Waals surface area (Å²) in [6.07, 6.45) is 0.0432. The number of amides is 2. The number of carbonyl (C=O) groups excluding carboxylic acids is 2. The van der Waals surface area contributed by atoms with Gasteiger partial charge in [-0.3, -0.25) is 0 Å². The summed E-state index contributed by atoms with van der Waals surface area (Å²) in [6, 6.07) is 10.9. The summed E-state index contributed by atoms with van der Waals surface area (Å²) in [5.74, 6) is 0. The van der Waals surface area contributed by atoms with Crippen LogP contribution in [0.4, 0.5) is 9.59 Å². The fraction of sp³-hybridized carbons (Fsp3) is 0.471. The largest absolute Gasteiger partial charge is 0.449 e. The number of unbranched alkanes of at least 4 members (excludes halogenated alkanes) is 1. The second kappa shape index (κ2) is 10.9. The van der Waals surface area contributed by atoms with E-state index in [0.29, 0.717) is 19.3 Å². The van der Waals surface area contributed by atoms with E-state index in [9.17, 15) is 9.59 Å². The van der Waals surface area contributed by atoms with Gasteiger partial charge < -0.3 is 9.47 Å². The Morgan fingerprint density at radius 3 is 2.46 bits per heavy atom. The van der Waals surface area contributed by atoms with Gasteiger partial charge >= 0.3 is 12.2 Å². The zero-order chi connectivity index (χ0) is 17.8. The molecule has 7 heteroatoms. The Balaban J connectivity index is 3.05. The van der Waals surface area contributed by atoms with Gasteiger partial charge in [-0.05, 0) is 32.3 Å². The molecule has 0 aliphatic heterocycles. The van der Waals surface area contributed by atoms with Crippen molar-refractivity contribution in [3.8, 4) is 6.07 Å². The molecule has 0 saturated heterocycles. The van der Waals surface area contributed by atoms with Gasteiger partial charge in [-0.25, -0.2) is 20.0 Å². The minimum absolute atomic E-state index is 0.180. The van der Waals surface area contributed by atoms with Crippen LogP contribution in [0.25, 0.3) is 0 Å². The molecular formula is C17H23N3O4. The molecule has 1 aromatic carbocycles. The Morgan fingerprint density at radius 1 is 1.21 bits per heavy atom.